The average Bonchev–Trinajstić information content (AvgIpc) is 2.82. The Kier molecular flexibility index (Phi) is 4.77. The Morgan fingerprint density at radius 2 is 1.95 bits per heavy atom. The lowest BCUT2D eigenvalue weighted by molar-refractivity contribution is 0.0917. The number of aryl methyl sites for hydroxylation is 1. The maximum Gasteiger partial charge on any atom is 0.243 e. The van der Waals surface area contributed by atoms with Crippen LogP contribution in [0.3, 0.4) is 0 Å². The summed E-state index contributed by atoms with van der Waals surface area (Å²) in [4.78, 5) is 8.73. The van der Waals surface area contributed by atoms with E-state index in [0.29, 0.717) is 18.3 Å². The Bertz CT molecular complexity index is 535. The van der Waals surface area contributed by atoms with Gasteiger partial charge in [0.15, 0.2) is 5.82 Å². The van der Waals surface area contributed by atoms with Gasteiger partial charge in [0, 0.05) is 39.0 Å². The molecule has 0 radical (unpaired) electrons. The Morgan fingerprint density at radius 1 is 1.30 bits per heavy atom. The van der Waals surface area contributed by atoms with Crippen molar-refractivity contribution in [3.63, 3.8) is 0 Å². The molecule has 8 heteroatoms. The molecular weight excluding hydrogens is 280 g/mol. The summed E-state index contributed by atoms with van der Waals surface area (Å²) in [5, 5.41) is 3.81. The highest BCUT2D eigenvalue weighted by Crippen LogP contribution is 2.19. The van der Waals surface area contributed by atoms with E-state index in [1.165, 1.54) is 6.26 Å². The zero-order valence-electron chi connectivity index (χ0n) is 12.2. The zero-order chi connectivity index (χ0) is 14.8. The molecule has 1 atom stereocenters. The SMILES string of the molecule is Cc1noc([C@@H](C)N2CCN(CCS(C)(=O)=O)CC2)n1. The molecule has 0 unspecified atom stereocenters. The smallest absolute Gasteiger partial charge is 0.243 e. The van der Waals surface area contributed by atoms with E-state index in [2.05, 4.69) is 26.9 Å². The van der Waals surface area contributed by atoms with Crippen molar-refractivity contribution in [1.82, 2.24) is 19.9 Å². The molecule has 0 saturated carbocycles. The lowest BCUT2D eigenvalue weighted by Gasteiger charge is -2.36. The quantitative estimate of drug-likeness (QED) is 0.763. The Morgan fingerprint density at radius 3 is 2.45 bits per heavy atom. The summed E-state index contributed by atoms with van der Waals surface area (Å²) >= 11 is 0. The van der Waals surface area contributed by atoms with Crippen LogP contribution in [0.5, 0.6) is 0 Å². The molecule has 2 heterocycles. The van der Waals surface area contributed by atoms with Crippen LogP contribution in [-0.2, 0) is 9.84 Å². The van der Waals surface area contributed by atoms with Gasteiger partial charge in [-0.05, 0) is 13.8 Å². The largest absolute Gasteiger partial charge is 0.338 e. The van der Waals surface area contributed by atoms with Crippen molar-refractivity contribution in [3.8, 4) is 0 Å². The summed E-state index contributed by atoms with van der Waals surface area (Å²) in [5.74, 6) is 1.52. The van der Waals surface area contributed by atoms with Crippen molar-refractivity contribution in [3.05, 3.63) is 11.7 Å². The molecular formula is C12H22N4O3S. The van der Waals surface area contributed by atoms with Crippen LogP contribution in [0.15, 0.2) is 4.52 Å². The van der Waals surface area contributed by atoms with Crippen LogP contribution in [0.2, 0.25) is 0 Å². The van der Waals surface area contributed by atoms with Gasteiger partial charge in [-0.15, -0.1) is 0 Å². The Hall–Kier alpha value is -0.990. The van der Waals surface area contributed by atoms with Crippen molar-refractivity contribution >= 4 is 9.84 Å². The van der Waals surface area contributed by atoms with Crippen LogP contribution in [0.4, 0.5) is 0 Å². The molecule has 0 bridgehead atoms. The molecule has 114 valence electrons. The molecule has 1 fully saturated rings. The Labute approximate surface area is 119 Å². The lowest BCUT2D eigenvalue weighted by atomic mass is 10.2. The van der Waals surface area contributed by atoms with E-state index in [-0.39, 0.29) is 11.8 Å². The summed E-state index contributed by atoms with van der Waals surface area (Å²) in [6, 6.07) is 0.105. The highest BCUT2D eigenvalue weighted by atomic mass is 32.2. The summed E-state index contributed by atoms with van der Waals surface area (Å²) in [7, 11) is -2.88. The molecule has 1 aromatic rings. The molecule has 7 nitrogen and oxygen atoms in total. The second-order valence-corrected chi connectivity index (χ2v) is 7.62. The third kappa shape index (κ3) is 4.26. The summed E-state index contributed by atoms with van der Waals surface area (Å²) < 4.78 is 27.5. The third-order valence-electron chi connectivity index (χ3n) is 3.63. The molecule has 0 aromatic carbocycles. The van der Waals surface area contributed by atoms with Gasteiger partial charge >= 0.3 is 0 Å². The monoisotopic (exact) mass is 302 g/mol. The normalized spacial score (nSPS) is 20.1. The molecule has 1 aromatic heterocycles. The first kappa shape index (κ1) is 15.4. The number of piperazine rings is 1. The van der Waals surface area contributed by atoms with Crippen LogP contribution in [0.25, 0.3) is 0 Å². The topological polar surface area (TPSA) is 79.5 Å². The number of nitrogens with zero attached hydrogens (tertiary/aromatic N) is 4. The van der Waals surface area contributed by atoms with Crippen LogP contribution >= 0.6 is 0 Å². The van der Waals surface area contributed by atoms with Crippen molar-refractivity contribution in [1.29, 1.82) is 0 Å². The molecule has 0 spiro atoms. The van der Waals surface area contributed by atoms with Gasteiger partial charge in [-0.2, -0.15) is 4.98 Å². The predicted molar refractivity (Wildman–Crippen MR) is 75.2 cm³/mol. The minimum Gasteiger partial charge on any atom is -0.338 e. The molecule has 2 rings (SSSR count). The van der Waals surface area contributed by atoms with Crippen molar-refractivity contribution < 1.29 is 12.9 Å². The fourth-order valence-corrected chi connectivity index (χ4v) is 2.90. The van der Waals surface area contributed by atoms with E-state index in [9.17, 15) is 8.42 Å². The first-order valence-corrected chi connectivity index (χ1v) is 8.85. The van der Waals surface area contributed by atoms with Crippen LogP contribution in [0, 0.1) is 6.92 Å². The van der Waals surface area contributed by atoms with E-state index in [1.807, 2.05) is 6.92 Å². The van der Waals surface area contributed by atoms with Crippen molar-refractivity contribution in [2.24, 2.45) is 0 Å². The van der Waals surface area contributed by atoms with E-state index in [0.717, 1.165) is 26.2 Å². The van der Waals surface area contributed by atoms with Crippen molar-refractivity contribution in [2.75, 3.05) is 44.7 Å². The second kappa shape index (κ2) is 6.19. The maximum absolute atomic E-state index is 11.2. The van der Waals surface area contributed by atoms with Gasteiger partial charge in [0.25, 0.3) is 0 Å². The summed E-state index contributed by atoms with van der Waals surface area (Å²) in [6.45, 7) is 7.97. The highest BCUT2D eigenvalue weighted by Gasteiger charge is 2.25. The average molecular weight is 302 g/mol. The molecule has 0 aliphatic carbocycles. The molecule has 0 amide bonds. The van der Waals surface area contributed by atoms with E-state index < -0.39 is 9.84 Å². The second-order valence-electron chi connectivity index (χ2n) is 5.36. The fraction of sp³-hybridized carbons (Fsp3) is 0.833. The van der Waals surface area contributed by atoms with Crippen molar-refractivity contribution in [2.45, 2.75) is 19.9 Å². The van der Waals surface area contributed by atoms with Gasteiger partial charge in [-0.3, -0.25) is 9.80 Å². The summed E-state index contributed by atoms with van der Waals surface area (Å²) in [5.41, 5.74) is 0. The molecule has 1 saturated heterocycles. The van der Waals surface area contributed by atoms with Gasteiger partial charge < -0.3 is 4.52 Å². The van der Waals surface area contributed by atoms with E-state index >= 15 is 0 Å². The van der Waals surface area contributed by atoms with Gasteiger partial charge in [-0.1, -0.05) is 5.16 Å². The molecule has 1 aliphatic rings. The van der Waals surface area contributed by atoms with Crippen LogP contribution < -0.4 is 0 Å². The number of aromatic nitrogens is 2. The van der Waals surface area contributed by atoms with Gasteiger partial charge in [0.2, 0.25) is 5.89 Å². The van der Waals surface area contributed by atoms with Crippen LogP contribution in [0.1, 0.15) is 24.7 Å². The predicted octanol–water partition coefficient (Wildman–Crippen LogP) is 0.101. The Balaban J connectivity index is 1.82. The first-order chi connectivity index (χ1) is 9.35. The first-order valence-electron chi connectivity index (χ1n) is 6.79. The standard InChI is InChI=1S/C12H22N4O3S/c1-10(12-13-11(2)14-19-12)16-6-4-15(5-7-16)8-9-20(3,17)18/h10H,4-9H2,1-3H3/t10-/m1/s1. The minimum absolute atomic E-state index is 0.105. The van der Waals surface area contributed by atoms with E-state index in [1.54, 1.807) is 0 Å². The number of sulfone groups is 1. The lowest BCUT2D eigenvalue weighted by Crippen LogP contribution is -2.48. The summed E-state index contributed by atoms with van der Waals surface area (Å²) in [6.07, 6.45) is 1.28. The van der Waals surface area contributed by atoms with Gasteiger partial charge in [-0.25, -0.2) is 8.42 Å². The highest BCUT2D eigenvalue weighted by molar-refractivity contribution is 7.90. The molecule has 1 aliphatic heterocycles. The zero-order valence-corrected chi connectivity index (χ0v) is 13.1. The fourth-order valence-electron chi connectivity index (χ4n) is 2.31. The molecule has 0 N–H and O–H groups in total. The number of hydrogen-bond acceptors (Lipinski definition) is 7. The van der Waals surface area contributed by atoms with E-state index in [4.69, 9.17) is 4.52 Å². The minimum atomic E-state index is -2.88. The maximum atomic E-state index is 11.2. The molecule has 20 heavy (non-hydrogen) atoms. The number of hydrogen-bond donors (Lipinski definition) is 0. The van der Waals surface area contributed by atoms with Crippen LogP contribution in [-0.4, -0.2) is 73.1 Å². The third-order valence-corrected chi connectivity index (χ3v) is 4.56. The van der Waals surface area contributed by atoms with Gasteiger partial charge in [0.1, 0.15) is 9.84 Å². The van der Waals surface area contributed by atoms with Gasteiger partial charge in [0.05, 0.1) is 11.8 Å². The number of rotatable bonds is 5.